The summed E-state index contributed by atoms with van der Waals surface area (Å²) in [5, 5.41) is 4.75. The molecule has 0 spiro atoms. The average molecular weight is 412 g/mol. The van der Waals surface area contributed by atoms with Crippen LogP contribution in [-0.4, -0.2) is 40.6 Å². The fraction of sp³-hybridized carbons (Fsp3) is 0.318. The van der Waals surface area contributed by atoms with Crippen molar-refractivity contribution in [1.82, 2.24) is 15.0 Å². The Kier molecular flexibility index (Phi) is 6.22. The van der Waals surface area contributed by atoms with Crippen LogP contribution in [0.1, 0.15) is 30.2 Å². The molecule has 1 saturated heterocycles. The van der Waals surface area contributed by atoms with Crippen LogP contribution in [0.25, 0.3) is 11.4 Å². The van der Waals surface area contributed by atoms with Crippen LogP contribution in [0.4, 0.5) is 0 Å². The summed E-state index contributed by atoms with van der Waals surface area (Å²) in [7, 11) is 0. The molecular weight excluding hydrogens is 390 g/mol. The van der Waals surface area contributed by atoms with Crippen molar-refractivity contribution in [2.45, 2.75) is 25.4 Å². The predicted molar refractivity (Wildman–Crippen MR) is 109 cm³/mol. The van der Waals surface area contributed by atoms with Crippen LogP contribution in [0.3, 0.4) is 0 Å². The second-order valence-corrected chi connectivity index (χ2v) is 7.56. The van der Waals surface area contributed by atoms with Gasteiger partial charge in [-0.1, -0.05) is 47.1 Å². The van der Waals surface area contributed by atoms with Crippen LogP contribution in [0.15, 0.2) is 59.1 Å². The number of likely N-dealkylation sites (tertiary alicyclic amines) is 1. The van der Waals surface area contributed by atoms with E-state index >= 15 is 0 Å². The van der Waals surface area contributed by atoms with Gasteiger partial charge in [-0.25, -0.2) is 0 Å². The third kappa shape index (κ3) is 5.02. The van der Waals surface area contributed by atoms with Gasteiger partial charge in [-0.3, -0.25) is 4.79 Å². The molecule has 1 aliphatic rings. The van der Waals surface area contributed by atoms with Gasteiger partial charge in [-0.15, -0.1) is 0 Å². The number of aromatic nitrogens is 2. The quantitative estimate of drug-likeness (QED) is 0.604. The third-order valence-corrected chi connectivity index (χ3v) is 5.26. The fourth-order valence-corrected chi connectivity index (χ4v) is 3.57. The first kappa shape index (κ1) is 19.6. The minimum atomic E-state index is -0.0110. The molecule has 1 unspecified atom stereocenters. The first-order valence-corrected chi connectivity index (χ1v) is 10.1. The van der Waals surface area contributed by atoms with E-state index in [1.165, 1.54) is 0 Å². The summed E-state index contributed by atoms with van der Waals surface area (Å²) in [6.45, 7) is 1.79. The molecule has 2 heterocycles. The van der Waals surface area contributed by atoms with E-state index in [0.717, 1.165) is 30.5 Å². The molecule has 7 heteroatoms. The van der Waals surface area contributed by atoms with Crippen molar-refractivity contribution < 1.29 is 14.1 Å². The summed E-state index contributed by atoms with van der Waals surface area (Å²) in [5.74, 6) is 1.13. The molecule has 1 aromatic heterocycles. The minimum Gasteiger partial charge on any atom is -0.367 e. The zero-order valence-corrected chi connectivity index (χ0v) is 16.7. The number of nitrogens with zero attached hydrogens (tertiary/aromatic N) is 3. The molecule has 1 amide bonds. The van der Waals surface area contributed by atoms with Crippen molar-refractivity contribution in [2.75, 3.05) is 19.7 Å². The van der Waals surface area contributed by atoms with Crippen molar-refractivity contribution in [1.29, 1.82) is 0 Å². The molecule has 1 aliphatic heterocycles. The number of hydrogen-bond donors (Lipinski definition) is 0. The zero-order valence-electron chi connectivity index (χ0n) is 16.0. The summed E-state index contributed by atoms with van der Waals surface area (Å²) in [4.78, 5) is 18.9. The third-order valence-electron chi connectivity index (χ3n) is 5.00. The van der Waals surface area contributed by atoms with Crippen LogP contribution >= 0.6 is 11.6 Å². The Hall–Kier alpha value is -2.70. The van der Waals surface area contributed by atoms with Gasteiger partial charge in [-0.05, 0) is 42.7 Å². The summed E-state index contributed by atoms with van der Waals surface area (Å²) in [6, 6.07) is 17.1. The van der Waals surface area contributed by atoms with Crippen molar-refractivity contribution in [3.05, 3.63) is 71.1 Å². The van der Waals surface area contributed by atoms with Crippen LogP contribution in [0, 0.1) is 0 Å². The van der Waals surface area contributed by atoms with E-state index in [1.54, 1.807) is 12.1 Å². The molecule has 0 radical (unpaired) electrons. The highest BCUT2D eigenvalue weighted by Crippen LogP contribution is 2.28. The maximum Gasteiger partial charge on any atom is 0.248 e. The van der Waals surface area contributed by atoms with Gasteiger partial charge < -0.3 is 14.2 Å². The molecular formula is C22H22ClN3O3. The van der Waals surface area contributed by atoms with Crippen molar-refractivity contribution in [2.24, 2.45) is 0 Å². The minimum absolute atomic E-state index is 0.0110. The van der Waals surface area contributed by atoms with Crippen LogP contribution in [0.5, 0.6) is 0 Å². The maximum absolute atomic E-state index is 12.5. The normalized spacial score (nSPS) is 16.7. The summed E-state index contributed by atoms with van der Waals surface area (Å²) in [5.41, 5.74) is 1.90. The topological polar surface area (TPSA) is 68.5 Å². The molecule has 3 aromatic rings. The van der Waals surface area contributed by atoms with Crippen LogP contribution in [-0.2, 0) is 16.1 Å². The van der Waals surface area contributed by atoms with Gasteiger partial charge in [-0.2, -0.15) is 4.98 Å². The van der Waals surface area contributed by atoms with E-state index in [0.29, 0.717) is 29.9 Å². The highest BCUT2D eigenvalue weighted by atomic mass is 35.5. The lowest BCUT2D eigenvalue weighted by molar-refractivity contribution is -0.137. The van der Waals surface area contributed by atoms with Gasteiger partial charge in [0, 0.05) is 23.7 Å². The van der Waals surface area contributed by atoms with Crippen molar-refractivity contribution in [3.8, 4) is 11.4 Å². The number of benzene rings is 2. The molecule has 2 aromatic carbocycles. The second kappa shape index (κ2) is 9.20. The lowest BCUT2D eigenvalue weighted by Gasteiger charge is -2.31. The monoisotopic (exact) mass is 411 g/mol. The number of piperidine rings is 1. The van der Waals surface area contributed by atoms with Crippen molar-refractivity contribution in [3.63, 3.8) is 0 Å². The van der Waals surface area contributed by atoms with Crippen LogP contribution < -0.4 is 0 Å². The first-order chi connectivity index (χ1) is 14.2. The van der Waals surface area contributed by atoms with E-state index in [1.807, 2.05) is 47.4 Å². The van der Waals surface area contributed by atoms with Crippen molar-refractivity contribution >= 4 is 17.5 Å². The first-order valence-electron chi connectivity index (χ1n) is 9.68. The molecule has 0 bridgehead atoms. The Morgan fingerprint density at radius 2 is 1.97 bits per heavy atom. The van der Waals surface area contributed by atoms with E-state index in [9.17, 15) is 4.79 Å². The molecule has 150 valence electrons. The molecule has 1 fully saturated rings. The number of rotatable bonds is 6. The highest BCUT2D eigenvalue weighted by Gasteiger charge is 2.28. The van der Waals surface area contributed by atoms with E-state index in [-0.39, 0.29) is 18.4 Å². The van der Waals surface area contributed by atoms with Gasteiger partial charge >= 0.3 is 0 Å². The second-order valence-electron chi connectivity index (χ2n) is 7.12. The van der Waals surface area contributed by atoms with Gasteiger partial charge in [0.15, 0.2) is 0 Å². The molecule has 1 atom stereocenters. The molecule has 4 rings (SSSR count). The zero-order chi connectivity index (χ0) is 20.1. The SMILES string of the molecule is O=C(COCc1ccccc1)N1CCCC(c2nc(-c3ccc(Cl)cc3)no2)C1. The lowest BCUT2D eigenvalue weighted by atomic mass is 9.98. The summed E-state index contributed by atoms with van der Waals surface area (Å²) < 4.78 is 11.1. The number of hydrogen-bond acceptors (Lipinski definition) is 5. The Labute approximate surface area is 174 Å². The van der Waals surface area contributed by atoms with E-state index in [4.69, 9.17) is 20.9 Å². The summed E-state index contributed by atoms with van der Waals surface area (Å²) in [6.07, 6.45) is 1.81. The number of ether oxygens (including phenoxy) is 1. The fourth-order valence-electron chi connectivity index (χ4n) is 3.44. The maximum atomic E-state index is 12.5. The number of carbonyl (C=O) groups excluding carboxylic acids is 1. The lowest BCUT2D eigenvalue weighted by Crippen LogP contribution is -2.41. The Bertz CT molecular complexity index is 943. The Morgan fingerprint density at radius 1 is 1.17 bits per heavy atom. The number of carbonyl (C=O) groups is 1. The van der Waals surface area contributed by atoms with E-state index in [2.05, 4.69) is 10.1 Å². The Morgan fingerprint density at radius 3 is 2.76 bits per heavy atom. The van der Waals surface area contributed by atoms with Gasteiger partial charge in [0.2, 0.25) is 17.6 Å². The van der Waals surface area contributed by atoms with Crippen LogP contribution in [0.2, 0.25) is 5.02 Å². The predicted octanol–water partition coefficient (Wildman–Crippen LogP) is 4.31. The number of halogens is 1. The van der Waals surface area contributed by atoms with Gasteiger partial charge in [0.05, 0.1) is 12.5 Å². The Balaban J connectivity index is 1.33. The molecule has 0 saturated carbocycles. The largest absolute Gasteiger partial charge is 0.367 e. The molecule has 0 N–H and O–H groups in total. The molecule has 0 aliphatic carbocycles. The standard InChI is InChI=1S/C22H22ClN3O3/c23-19-10-8-17(9-11-19)21-24-22(29-25-21)18-7-4-12-26(13-18)20(27)15-28-14-16-5-2-1-3-6-16/h1-3,5-6,8-11,18H,4,7,12-15H2. The molecule has 6 nitrogen and oxygen atoms in total. The average Bonchev–Trinajstić information content (AvgIpc) is 3.25. The van der Waals surface area contributed by atoms with Gasteiger partial charge in [0.1, 0.15) is 6.61 Å². The van der Waals surface area contributed by atoms with E-state index < -0.39 is 0 Å². The van der Waals surface area contributed by atoms with Gasteiger partial charge in [0.25, 0.3) is 0 Å². The smallest absolute Gasteiger partial charge is 0.248 e. The molecule has 29 heavy (non-hydrogen) atoms. The highest BCUT2D eigenvalue weighted by molar-refractivity contribution is 6.30. The summed E-state index contributed by atoms with van der Waals surface area (Å²) >= 11 is 5.93. The number of amides is 1.